The zero-order valence-electron chi connectivity index (χ0n) is 15.4. The molecular formula is C19H32N2OS. The Morgan fingerprint density at radius 2 is 1.91 bits per heavy atom. The van der Waals surface area contributed by atoms with E-state index in [0.717, 1.165) is 18.9 Å². The molecule has 23 heavy (non-hydrogen) atoms. The zero-order chi connectivity index (χ0) is 17.3. The van der Waals surface area contributed by atoms with E-state index < -0.39 is 11.4 Å². The van der Waals surface area contributed by atoms with Gasteiger partial charge in [-0.15, -0.1) is 4.72 Å². The average Bonchev–Trinajstić information content (AvgIpc) is 2.48. The van der Waals surface area contributed by atoms with E-state index in [4.69, 9.17) is 0 Å². The summed E-state index contributed by atoms with van der Waals surface area (Å²) in [7, 11) is 2.20. The van der Waals surface area contributed by atoms with E-state index in [0.29, 0.717) is 0 Å². The summed E-state index contributed by atoms with van der Waals surface area (Å²) < 4.78 is 16.0. The number of hydrogen-bond donors (Lipinski definition) is 1. The Kier molecular flexibility index (Phi) is 5.83. The monoisotopic (exact) mass is 336 g/mol. The van der Waals surface area contributed by atoms with Gasteiger partial charge in [-0.3, -0.25) is 4.90 Å². The predicted molar refractivity (Wildman–Crippen MR) is 99.6 cm³/mol. The molecule has 4 atom stereocenters. The predicted octanol–water partition coefficient (Wildman–Crippen LogP) is 3.90. The largest absolute Gasteiger partial charge is 0.598 e. The van der Waals surface area contributed by atoms with E-state index in [1.54, 1.807) is 0 Å². The van der Waals surface area contributed by atoms with Gasteiger partial charge in [0.25, 0.3) is 0 Å². The summed E-state index contributed by atoms with van der Waals surface area (Å²) in [5.74, 6) is 0.720. The highest BCUT2D eigenvalue weighted by Gasteiger charge is 2.45. The molecule has 0 radical (unpaired) electrons. The fourth-order valence-electron chi connectivity index (χ4n) is 3.34. The number of nitrogens with zero attached hydrogens (tertiary/aromatic N) is 1. The maximum atomic E-state index is 12.8. The summed E-state index contributed by atoms with van der Waals surface area (Å²) in [4.78, 5) is 2.45. The second-order valence-electron chi connectivity index (χ2n) is 8.22. The molecule has 0 bridgehead atoms. The minimum Gasteiger partial charge on any atom is -0.598 e. The number of piperidine rings is 1. The Balaban J connectivity index is 2.34. The summed E-state index contributed by atoms with van der Waals surface area (Å²) in [5.41, 5.74) is 1.18. The van der Waals surface area contributed by atoms with E-state index in [1.165, 1.54) is 12.0 Å². The maximum Gasteiger partial charge on any atom is 0.136 e. The number of rotatable bonds is 4. The van der Waals surface area contributed by atoms with Crippen molar-refractivity contribution in [1.29, 1.82) is 0 Å². The first-order valence-electron chi connectivity index (χ1n) is 8.59. The molecule has 0 amide bonds. The van der Waals surface area contributed by atoms with Gasteiger partial charge in [0.05, 0.1) is 6.04 Å². The maximum absolute atomic E-state index is 12.8. The SMILES string of the molecule is CC1CCC(C)([C@H](N[S+]([O-])C(C)(C)C)c2ccccc2)N(C)C1. The molecule has 1 fully saturated rings. The highest BCUT2D eigenvalue weighted by molar-refractivity contribution is 7.90. The van der Waals surface area contributed by atoms with Gasteiger partial charge in [-0.2, -0.15) is 0 Å². The molecule has 130 valence electrons. The standard InChI is InChI=1S/C19H32N2OS/c1-15-12-13-19(5,21(6)14-15)17(16-10-8-7-9-11-16)20-23(22)18(2,3)4/h7-11,15,17,20H,12-14H2,1-6H3/t15?,17-,19?,23?/m1/s1. The fraction of sp³-hybridized carbons (Fsp3) is 0.684. The minimum absolute atomic E-state index is 0.0330. The van der Waals surface area contributed by atoms with Crippen molar-refractivity contribution in [2.24, 2.45) is 5.92 Å². The lowest BCUT2D eigenvalue weighted by molar-refractivity contribution is 0.0352. The minimum atomic E-state index is -1.10. The molecule has 1 aliphatic rings. The van der Waals surface area contributed by atoms with Crippen molar-refractivity contribution in [3.63, 3.8) is 0 Å². The van der Waals surface area contributed by atoms with E-state index in [2.05, 4.69) is 54.8 Å². The molecular weight excluding hydrogens is 304 g/mol. The highest BCUT2D eigenvalue weighted by Crippen LogP contribution is 2.40. The van der Waals surface area contributed by atoms with E-state index >= 15 is 0 Å². The van der Waals surface area contributed by atoms with Gasteiger partial charge in [0.2, 0.25) is 0 Å². The van der Waals surface area contributed by atoms with Gasteiger partial charge in [0.1, 0.15) is 4.75 Å². The van der Waals surface area contributed by atoms with Crippen LogP contribution in [0, 0.1) is 5.92 Å². The second-order valence-corrected chi connectivity index (χ2v) is 10.2. The van der Waals surface area contributed by atoms with Gasteiger partial charge in [-0.05, 0) is 59.1 Å². The molecule has 1 N–H and O–H groups in total. The Bertz CT molecular complexity index is 502. The third-order valence-corrected chi connectivity index (χ3v) is 6.70. The summed E-state index contributed by atoms with van der Waals surface area (Å²) in [6.45, 7) is 11.8. The van der Waals surface area contributed by atoms with Crippen LogP contribution in [0.25, 0.3) is 0 Å². The molecule has 0 aromatic heterocycles. The molecule has 4 heteroatoms. The molecule has 1 aromatic carbocycles. The molecule has 3 unspecified atom stereocenters. The molecule has 1 aliphatic heterocycles. The van der Waals surface area contributed by atoms with Gasteiger partial charge in [-0.1, -0.05) is 37.3 Å². The van der Waals surface area contributed by atoms with E-state index in [-0.39, 0.29) is 16.3 Å². The average molecular weight is 337 g/mol. The number of benzene rings is 1. The van der Waals surface area contributed by atoms with Crippen molar-refractivity contribution in [3.05, 3.63) is 35.9 Å². The van der Waals surface area contributed by atoms with E-state index in [9.17, 15) is 4.55 Å². The molecule has 2 rings (SSSR count). The molecule has 0 saturated carbocycles. The second kappa shape index (κ2) is 7.14. The van der Waals surface area contributed by atoms with Crippen molar-refractivity contribution in [3.8, 4) is 0 Å². The lowest BCUT2D eigenvalue weighted by atomic mass is 9.77. The van der Waals surface area contributed by atoms with Crippen LogP contribution in [0.5, 0.6) is 0 Å². The van der Waals surface area contributed by atoms with Gasteiger partial charge in [0.15, 0.2) is 0 Å². The van der Waals surface area contributed by atoms with Crippen LogP contribution in [0.4, 0.5) is 0 Å². The third kappa shape index (κ3) is 4.30. The van der Waals surface area contributed by atoms with Crippen LogP contribution < -0.4 is 4.72 Å². The van der Waals surface area contributed by atoms with E-state index in [1.807, 2.05) is 26.8 Å². The van der Waals surface area contributed by atoms with Crippen LogP contribution >= 0.6 is 0 Å². The van der Waals surface area contributed by atoms with Crippen molar-refractivity contribution >= 4 is 11.4 Å². The van der Waals surface area contributed by atoms with Gasteiger partial charge < -0.3 is 4.55 Å². The third-order valence-electron chi connectivity index (χ3n) is 5.14. The Hall–Kier alpha value is -0.550. The van der Waals surface area contributed by atoms with Crippen LogP contribution in [0.1, 0.15) is 59.1 Å². The smallest absolute Gasteiger partial charge is 0.136 e. The number of nitrogens with one attached hydrogen (secondary N) is 1. The Morgan fingerprint density at radius 1 is 1.30 bits per heavy atom. The van der Waals surface area contributed by atoms with Crippen molar-refractivity contribution in [2.75, 3.05) is 13.6 Å². The summed E-state index contributed by atoms with van der Waals surface area (Å²) in [5, 5.41) is 0. The van der Waals surface area contributed by atoms with Gasteiger partial charge >= 0.3 is 0 Å². The summed E-state index contributed by atoms with van der Waals surface area (Å²) in [6.07, 6.45) is 2.33. The van der Waals surface area contributed by atoms with Crippen LogP contribution in [0.2, 0.25) is 0 Å². The number of hydrogen-bond acceptors (Lipinski definition) is 3. The zero-order valence-corrected chi connectivity index (χ0v) is 16.2. The molecule has 1 heterocycles. The fourth-order valence-corrected chi connectivity index (χ4v) is 4.30. The molecule has 3 nitrogen and oxygen atoms in total. The lowest BCUT2D eigenvalue weighted by Crippen LogP contribution is -2.58. The lowest BCUT2D eigenvalue weighted by Gasteiger charge is -2.50. The first kappa shape index (κ1) is 18.8. The van der Waals surface area contributed by atoms with Crippen molar-refractivity contribution in [2.45, 2.75) is 63.8 Å². The quantitative estimate of drug-likeness (QED) is 0.848. The topological polar surface area (TPSA) is 38.3 Å². The van der Waals surface area contributed by atoms with Crippen LogP contribution in [-0.2, 0) is 11.4 Å². The molecule has 1 aromatic rings. The van der Waals surface area contributed by atoms with Gasteiger partial charge in [0, 0.05) is 23.4 Å². The molecule has 1 saturated heterocycles. The van der Waals surface area contributed by atoms with Gasteiger partial charge in [-0.25, -0.2) is 0 Å². The first-order chi connectivity index (χ1) is 10.6. The highest BCUT2D eigenvalue weighted by atomic mass is 32.2. The number of likely N-dealkylation sites (tertiary alicyclic amines) is 1. The summed E-state index contributed by atoms with van der Waals surface area (Å²) >= 11 is -1.10. The Labute approximate surface area is 145 Å². The van der Waals surface area contributed by atoms with Crippen molar-refractivity contribution in [1.82, 2.24) is 9.62 Å². The first-order valence-corrected chi connectivity index (χ1v) is 9.74. The normalized spacial score (nSPS) is 29.3. The summed E-state index contributed by atoms with van der Waals surface area (Å²) in [6, 6.07) is 10.5. The number of likely N-dealkylation sites (N-methyl/N-ethyl adjacent to an activating group) is 1. The van der Waals surface area contributed by atoms with Crippen LogP contribution in [0.15, 0.2) is 30.3 Å². The molecule has 0 spiro atoms. The van der Waals surface area contributed by atoms with Crippen LogP contribution in [0.3, 0.4) is 0 Å². The Morgan fingerprint density at radius 3 is 2.43 bits per heavy atom. The molecule has 0 aliphatic carbocycles. The van der Waals surface area contributed by atoms with Crippen LogP contribution in [-0.4, -0.2) is 33.3 Å². The van der Waals surface area contributed by atoms with Crippen molar-refractivity contribution < 1.29 is 4.55 Å².